The van der Waals surface area contributed by atoms with Gasteiger partial charge in [-0.05, 0) is 12.8 Å². The van der Waals surface area contributed by atoms with Gasteiger partial charge >= 0.3 is 0 Å². The molecular weight excluding hydrogens is 336 g/mol. The number of aryl methyl sites for hydroxylation is 1. The molecule has 0 radical (unpaired) electrons. The van der Waals surface area contributed by atoms with E-state index in [0.717, 1.165) is 26.0 Å². The minimum Gasteiger partial charge on any atom is -0.387 e. The molecule has 1 aromatic rings. The quantitative estimate of drug-likeness (QED) is 0.262. The molecule has 1 heterocycles. The zero-order chi connectivity index (χ0) is 19.6. The number of rotatable bonds is 19. The van der Waals surface area contributed by atoms with E-state index < -0.39 is 6.10 Å². The summed E-state index contributed by atoms with van der Waals surface area (Å²) in [4.78, 5) is 0. The highest BCUT2D eigenvalue weighted by molar-refractivity contribution is 4.66. The Morgan fingerprint density at radius 3 is 2.04 bits per heavy atom. The molecule has 0 amide bonds. The lowest BCUT2D eigenvalue weighted by atomic mass is 10.1. The first kappa shape index (κ1) is 24.2. The summed E-state index contributed by atoms with van der Waals surface area (Å²) < 4.78 is 9.83. The van der Waals surface area contributed by atoms with Gasteiger partial charge in [-0.25, -0.2) is 9.13 Å². The van der Waals surface area contributed by atoms with Crippen LogP contribution >= 0.6 is 0 Å². The average molecular weight is 382 g/mol. The van der Waals surface area contributed by atoms with Crippen molar-refractivity contribution >= 4 is 0 Å². The predicted molar refractivity (Wildman–Crippen MR) is 113 cm³/mol. The van der Waals surface area contributed by atoms with E-state index in [2.05, 4.69) is 30.9 Å². The Kier molecular flexibility index (Phi) is 15.4. The minimum atomic E-state index is -0.426. The summed E-state index contributed by atoms with van der Waals surface area (Å²) in [6.45, 7) is 7.29. The normalized spacial score (nSPS) is 12.6. The van der Waals surface area contributed by atoms with Crippen LogP contribution in [0.4, 0.5) is 0 Å². The molecule has 0 aliphatic carbocycles. The summed E-state index contributed by atoms with van der Waals surface area (Å²) in [7, 11) is 0. The molecule has 1 unspecified atom stereocenters. The van der Waals surface area contributed by atoms with Gasteiger partial charge in [-0.2, -0.15) is 0 Å². The molecular formula is C23H45N2O2+. The third kappa shape index (κ3) is 13.9. The molecule has 0 spiro atoms. The van der Waals surface area contributed by atoms with Crippen molar-refractivity contribution in [2.75, 3.05) is 13.2 Å². The van der Waals surface area contributed by atoms with Gasteiger partial charge in [0.1, 0.15) is 25.0 Å². The maximum Gasteiger partial charge on any atom is 0.243 e. The monoisotopic (exact) mass is 381 g/mol. The predicted octanol–water partition coefficient (Wildman–Crippen LogP) is 5.26. The zero-order valence-corrected chi connectivity index (χ0v) is 18.1. The Morgan fingerprint density at radius 1 is 0.852 bits per heavy atom. The fourth-order valence-corrected chi connectivity index (χ4v) is 3.50. The van der Waals surface area contributed by atoms with Gasteiger partial charge in [0.25, 0.3) is 0 Å². The Balaban J connectivity index is 1.84. The van der Waals surface area contributed by atoms with Crippen LogP contribution in [0.1, 0.15) is 97.3 Å². The lowest BCUT2D eigenvalue weighted by Gasteiger charge is -2.09. The van der Waals surface area contributed by atoms with Crippen molar-refractivity contribution < 1.29 is 14.4 Å². The molecule has 0 aromatic carbocycles. The van der Waals surface area contributed by atoms with E-state index in [0.29, 0.717) is 13.2 Å². The van der Waals surface area contributed by atoms with Crippen LogP contribution in [0.3, 0.4) is 0 Å². The van der Waals surface area contributed by atoms with E-state index >= 15 is 0 Å². The van der Waals surface area contributed by atoms with E-state index in [1.165, 1.54) is 70.6 Å². The topological polar surface area (TPSA) is 38.3 Å². The van der Waals surface area contributed by atoms with Gasteiger partial charge < -0.3 is 9.84 Å². The molecule has 1 aromatic heterocycles. The first-order valence-corrected chi connectivity index (χ1v) is 11.6. The number of hydrogen-bond acceptors (Lipinski definition) is 2. The highest BCUT2D eigenvalue weighted by Gasteiger charge is 2.10. The van der Waals surface area contributed by atoms with Gasteiger partial charge in [-0.1, -0.05) is 84.5 Å². The summed E-state index contributed by atoms with van der Waals surface area (Å²) in [5, 5.41) is 10.1. The number of ether oxygens (including phenoxy) is 1. The molecule has 4 heteroatoms. The Bertz CT molecular complexity index is 434. The standard InChI is InChI=1S/C23H45N2O2/c1-3-5-6-7-8-9-10-11-12-13-14-15-19-27-21-23(26)20-25-18-17-24(22-25)16-4-2/h17-18,22-23,26H,3-16,19-21H2,1-2H3/q+1. The van der Waals surface area contributed by atoms with Crippen LogP contribution in [0.5, 0.6) is 0 Å². The van der Waals surface area contributed by atoms with Crippen LogP contribution in [0.2, 0.25) is 0 Å². The number of unbranched alkanes of at least 4 members (excludes halogenated alkanes) is 11. The van der Waals surface area contributed by atoms with Gasteiger partial charge in [-0.3, -0.25) is 0 Å². The second-order valence-electron chi connectivity index (χ2n) is 7.97. The molecule has 1 rings (SSSR count). The van der Waals surface area contributed by atoms with Gasteiger partial charge in [0.15, 0.2) is 0 Å². The highest BCUT2D eigenvalue weighted by atomic mass is 16.5. The summed E-state index contributed by atoms with van der Waals surface area (Å²) in [5.41, 5.74) is 0. The smallest absolute Gasteiger partial charge is 0.243 e. The Labute approximate surface area is 167 Å². The summed E-state index contributed by atoms with van der Waals surface area (Å²) >= 11 is 0. The second kappa shape index (κ2) is 17.2. The van der Waals surface area contributed by atoms with Crippen molar-refractivity contribution in [2.24, 2.45) is 0 Å². The molecule has 0 saturated heterocycles. The van der Waals surface area contributed by atoms with E-state index in [9.17, 15) is 5.11 Å². The second-order valence-corrected chi connectivity index (χ2v) is 7.97. The lowest BCUT2D eigenvalue weighted by Crippen LogP contribution is -2.40. The molecule has 0 saturated carbocycles. The van der Waals surface area contributed by atoms with Crippen molar-refractivity contribution in [1.29, 1.82) is 0 Å². The summed E-state index contributed by atoms with van der Waals surface area (Å²) in [6.07, 6.45) is 23.1. The maximum atomic E-state index is 10.1. The van der Waals surface area contributed by atoms with Gasteiger partial charge in [0, 0.05) is 6.61 Å². The zero-order valence-electron chi connectivity index (χ0n) is 18.1. The van der Waals surface area contributed by atoms with Gasteiger partial charge in [-0.15, -0.1) is 0 Å². The highest BCUT2D eigenvalue weighted by Crippen LogP contribution is 2.11. The van der Waals surface area contributed by atoms with E-state index in [-0.39, 0.29) is 0 Å². The van der Waals surface area contributed by atoms with E-state index in [1.807, 2.05) is 10.8 Å². The number of aliphatic hydroxyl groups is 1. The third-order valence-electron chi connectivity index (χ3n) is 5.10. The Morgan fingerprint density at radius 2 is 1.44 bits per heavy atom. The Hall–Kier alpha value is -0.870. The molecule has 0 bridgehead atoms. The molecule has 1 N–H and O–H groups in total. The molecule has 0 aliphatic heterocycles. The third-order valence-corrected chi connectivity index (χ3v) is 5.10. The minimum absolute atomic E-state index is 0.426. The van der Waals surface area contributed by atoms with Crippen LogP contribution in [0, 0.1) is 0 Å². The van der Waals surface area contributed by atoms with Crippen LogP contribution in [-0.2, 0) is 17.8 Å². The number of nitrogens with zero attached hydrogens (tertiary/aromatic N) is 2. The lowest BCUT2D eigenvalue weighted by molar-refractivity contribution is -0.703. The summed E-state index contributed by atoms with van der Waals surface area (Å²) in [5.74, 6) is 0. The van der Waals surface area contributed by atoms with Gasteiger partial charge in [0.05, 0.1) is 13.2 Å². The molecule has 0 aliphatic rings. The number of hydrogen-bond donors (Lipinski definition) is 1. The van der Waals surface area contributed by atoms with Crippen LogP contribution in [0.15, 0.2) is 18.7 Å². The molecule has 4 nitrogen and oxygen atoms in total. The van der Waals surface area contributed by atoms with Crippen molar-refractivity contribution in [2.45, 2.75) is 117 Å². The summed E-state index contributed by atoms with van der Waals surface area (Å²) in [6, 6.07) is 0. The molecule has 1 atom stereocenters. The maximum absolute atomic E-state index is 10.1. The molecule has 0 fully saturated rings. The fraction of sp³-hybridized carbons (Fsp3) is 0.870. The number of aliphatic hydroxyl groups excluding tert-OH is 1. The SMILES string of the molecule is CCCCCCCCCCCCCCOCC(O)C[n+]1ccn(CCC)c1. The molecule has 27 heavy (non-hydrogen) atoms. The van der Waals surface area contributed by atoms with Crippen LogP contribution in [-0.4, -0.2) is 29.0 Å². The molecule has 158 valence electrons. The van der Waals surface area contributed by atoms with Crippen LogP contribution < -0.4 is 4.57 Å². The van der Waals surface area contributed by atoms with Crippen molar-refractivity contribution in [3.63, 3.8) is 0 Å². The van der Waals surface area contributed by atoms with E-state index in [4.69, 9.17) is 4.74 Å². The van der Waals surface area contributed by atoms with Crippen molar-refractivity contribution in [3.8, 4) is 0 Å². The van der Waals surface area contributed by atoms with Gasteiger partial charge in [0.2, 0.25) is 6.33 Å². The van der Waals surface area contributed by atoms with Crippen LogP contribution in [0.25, 0.3) is 0 Å². The first-order chi connectivity index (χ1) is 13.3. The average Bonchev–Trinajstić information content (AvgIpc) is 3.09. The van der Waals surface area contributed by atoms with Crippen molar-refractivity contribution in [3.05, 3.63) is 18.7 Å². The number of imidazole rings is 1. The first-order valence-electron chi connectivity index (χ1n) is 11.6. The largest absolute Gasteiger partial charge is 0.387 e. The van der Waals surface area contributed by atoms with Crippen molar-refractivity contribution in [1.82, 2.24) is 4.57 Å². The van der Waals surface area contributed by atoms with E-state index in [1.54, 1.807) is 0 Å². The number of aromatic nitrogens is 2. The fourth-order valence-electron chi connectivity index (χ4n) is 3.50.